The van der Waals surface area contributed by atoms with Crippen molar-refractivity contribution in [3.63, 3.8) is 0 Å². The van der Waals surface area contributed by atoms with Crippen molar-refractivity contribution in [2.24, 2.45) is 23.1 Å². The fourth-order valence-electron chi connectivity index (χ4n) is 2.65. The van der Waals surface area contributed by atoms with Crippen LogP contribution in [0.3, 0.4) is 0 Å². The summed E-state index contributed by atoms with van der Waals surface area (Å²) in [5.74, 6) is -1.92. The van der Waals surface area contributed by atoms with Crippen LogP contribution >= 0.6 is 0 Å². The van der Waals surface area contributed by atoms with Crippen molar-refractivity contribution in [3.8, 4) is 0 Å². The number of rotatable bonds is 15. The third-order valence-electron chi connectivity index (χ3n) is 4.21. The van der Waals surface area contributed by atoms with Crippen LogP contribution in [0.2, 0.25) is 0 Å². The Morgan fingerprint density at radius 2 is 1.37 bits per heavy atom. The fourth-order valence-corrected chi connectivity index (χ4v) is 2.65. The second kappa shape index (κ2) is 14.4. The van der Waals surface area contributed by atoms with Crippen LogP contribution < -0.4 is 27.8 Å². The average molecular weight is 388 g/mol. The molecule has 9 heteroatoms. The van der Waals surface area contributed by atoms with Crippen LogP contribution in [0.5, 0.6) is 0 Å². The van der Waals surface area contributed by atoms with E-state index in [1.165, 1.54) is 0 Å². The summed E-state index contributed by atoms with van der Waals surface area (Å²) in [6.45, 7) is 4.77. The van der Waals surface area contributed by atoms with Crippen molar-refractivity contribution in [1.82, 2.24) is 10.6 Å². The standard InChI is InChI=1S/C18H37N5O4/c1-12(2)11-15(18(26)27)23-17(25)14(8-4-6-10-20)22-16(24)13(21)7-3-5-9-19/h12-15H,3-11,19-21H2,1-2H3,(H,22,24)(H,23,25)(H,26,27). The number of carboxylic acids is 1. The minimum absolute atomic E-state index is 0.104. The summed E-state index contributed by atoms with van der Waals surface area (Å²) in [7, 11) is 0. The lowest BCUT2D eigenvalue weighted by Crippen LogP contribution is -2.54. The number of amides is 2. The normalized spacial score (nSPS) is 14.4. The average Bonchev–Trinajstić information content (AvgIpc) is 2.59. The lowest BCUT2D eigenvalue weighted by atomic mass is 10.0. The maximum Gasteiger partial charge on any atom is 0.326 e. The number of nitrogens with one attached hydrogen (secondary N) is 2. The Morgan fingerprint density at radius 1 is 0.852 bits per heavy atom. The van der Waals surface area contributed by atoms with Crippen molar-refractivity contribution in [2.75, 3.05) is 13.1 Å². The van der Waals surface area contributed by atoms with E-state index >= 15 is 0 Å². The number of aliphatic carboxylic acids is 1. The summed E-state index contributed by atoms with van der Waals surface area (Å²) in [6, 6.07) is -2.56. The molecule has 0 aliphatic carbocycles. The second-order valence-electron chi connectivity index (χ2n) is 7.27. The van der Waals surface area contributed by atoms with Crippen LogP contribution in [0.4, 0.5) is 0 Å². The van der Waals surface area contributed by atoms with Crippen molar-refractivity contribution in [1.29, 1.82) is 0 Å². The van der Waals surface area contributed by atoms with Crippen molar-refractivity contribution in [2.45, 2.75) is 76.9 Å². The third kappa shape index (κ3) is 11.6. The van der Waals surface area contributed by atoms with Crippen LogP contribution in [0.1, 0.15) is 58.8 Å². The Morgan fingerprint density at radius 3 is 1.85 bits per heavy atom. The molecule has 158 valence electrons. The van der Waals surface area contributed by atoms with Gasteiger partial charge in [0.25, 0.3) is 0 Å². The van der Waals surface area contributed by atoms with E-state index in [4.69, 9.17) is 17.2 Å². The molecule has 2 amide bonds. The van der Waals surface area contributed by atoms with Crippen molar-refractivity contribution < 1.29 is 19.5 Å². The first-order chi connectivity index (χ1) is 12.7. The number of unbranched alkanes of at least 4 members (excludes halogenated alkanes) is 2. The van der Waals surface area contributed by atoms with E-state index in [-0.39, 0.29) is 5.92 Å². The lowest BCUT2D eigenvalue weighted by molar-refractivity contribution is -0.142. The van der Waals surface area contributed by atoms with Gasteiger partial charge in [-0.1, -0.05) is 20.3 Å². The molecule has 3 unspecified atom stereocenters. The molecule has 0 aromatic carbocycles. The van der Waals surface area contributed by atoms with Gasteiger partial charge in [0, 0.05) is 0 Å². The molecule has 0 saturated heterocycles. The zero-order chi connectivity index (χ0) is 20.8. The molecule has 0 bridgehead atoms. The lowest BCUT2D eigenvalue weighted by Gasteiger charge is -2.23. The molecule has 0 aromatic rings. The summed E-state index contributed by atoms with van der Waals surface area (Å²) in [4.78, 5) is 36.3. The monoisotopic (exact) mass is 387 g/mol. The first-order valence-electron chi connectivity index (χ1n) is 9.72. The number of carboxylic acid groups (broad SMARTS) is 1. The van der Waals surface area contributed by atoms with Crippen LogP contribution in [0.25, 0.3) is 0 Å². The van der Waals surface area contributed by atoms with Gasteiger partial charge in [0.2, 0.25) is 11.8 Å². The Bertz CT molecular complexity index is 459. The molecule has 0 fully saturated rings. The van der Waals surface area contributed by atoms with E-state index in [1.807, 2.05) is 13.8 Å². The zero-order valence-electron chi connectivity index (χ0n) is 16.6. The Kier molecular flexibility index (Phi) is 13.5. The molecule has 9 N–H and O–H groups in total. The van der Waals surface area contributed by atoms with Gasteiger partial charge in [-0.05, 0) is 57.5 Å². The molecule has 0 rings (SSSR count). The Balaban J connectivity index is 4.91. The van der Waals surface area contributed by atoms with E-state index in [2.05, 4.69) is 10.6 Å². The van der Waals surface area contributed by atoms with E-state index in [0.29, 0.717) is 45.2 Å². The summed E-state index contributed by atoms with van der Waals surface area (Å²) in [5.41, 5.74) is 16.8. The van der Waals surface area contributed by atoms with Gasteiger partial charge in [0.1, 0.15) is 12.1 Å². The molecule has 0 aliphatic heterocycles. The number of hydrogen-bond acceptors (Lipinski definition) is 6. The quantitative estimate of drug-likeness (QED) is 0.209. The molecule has 0 aliphatic rings. The molecule has 0 heterocycles. The molecule has 9 nitrogen and oxygen atoms in total. The Hall–Kier alpha value is -1.71. The second-order valence-corrected chi connectivity index (χ2v) is 7.27. The highest BCUT2D eigenvalue weighted by molar-refractivity contribution is 5.91. The van der Waals surface area contributed by atoms with Gasteiger partial charge in [-0.15, -0.1) is 0 Å². The van der Waals surface area contributed by atoms with Crippen molar-refractivity contribution in [3.05, 3.63) is 0 Å². The largest absolute Gasteiger partial charge is 0.480 e. The molecular formula is C18H37N5O4. The first-order valence-corrected chi connectivity index (χ1v) is 9.72. The summed E-state index contributed by atoms with van der Waals surface area (Å²) < 4.78 is 0. The van der Waals surface area contributed by atoms with Gasteiger partial charge in [-0.25, -0.2) is 4.79 Å². The Labute approximate surface area is 161 Å². The van der Waals surface area contributed by atoms with E-state index in [1.54, 1.807) is 0 Å². The highest BCUT2D eigenvalue weighted by atomic mass is 16.4. The van der Waals surface area contributed by atoms with Crippen LogP contribution in [-0.4, -0.2) is 54.1 Å². The highest BCUT2D eigenvalue weighted by Gasteiger charge is 2.28. The summed E-state index contributed by atoms with van der Waals surface area (Å²) in [6.07, 6.45) is 4.00. The first kappa shape index (κ1) is 25.3. The molecule has 0 spiro atoms. The van der Waals surface area contributed by atoms with E-state index in [9.17, 15) is 19.5 Å². The minimum atomic E-state index is -1.09. The van der Waals surface area contributed by atoms with E-state index < -0.39 is 35.9 Å². The fraction of sp³-hybridized carbons (Fsp3) is 0.833. The molecule has 3 atom stereocenters. The predicted molar refractivity (Wildman–Crippen MR) is 105 cm³/mol. The predicted octanol–water partition coefficient (Wildman–Crippen LogP) is -0.328. The van der Waals surface area contributed by atoms with Gasteiger partial charge in [0.15, 0.2) is 0 Å². The third-order valence-corrected chi connectivity index (χ3v) is 4.21. The van der Waals surface area contributed by atoms with Crippen molar-refractivity contribution >= 4 is 17.8 Å². The van der Waals surface area contributed by atoms with Gasteiger partial charge >= 0.3 is 5.97 Å². The minimum Gasteiger partial charge on any atom is -0.480 e. The number of nitrogens with two attached hydrogens (primary N) is 3. The molecule has 0 aromatic heterocycles. The number of carbonyl (C=O) groups excluding carboxylic acids is 2. The molecule has 0 saturated carbocycles. The van der Waals surface area contributed by atoms with Gasteiger partial charge in [-0.2, -0.15) is 0 Å². The summed E-state index contributed by atoms with van der Waals surface area (Å²) in [5, 5.41) is 14.5. The number of hydrogen-bond donors (Lipinski definition) is 6. The molecular weight excluding hydrogens is 350 g/mol. The highest BCUT2D eigenvalue weighted by Crippen LogP contribution is 2.08. The van der Waals surface area contributed by atoms with Crippen LogP contribution in [0.15, 0.2) is 0 Å². The van der Waals surface area contributed by atoms with Gasteiger partial charge in [-0.3, -0.25) is 9.59 Å². The van der Waals surface area contributed by atoms with Gasteiger partial charge in [0.05, 0.1) is 6.04 Å². The smallest absolute Gasteiger partial charge is 0.326 e. The van der Waals surface area contributed by atoms with Crippen LogP contribution in [0, 0.1) is 5.92 Å². The molecule has 27 heavy (non-hydrogen) atoms. The topological polar surface area (TPSA) is 174 Å². The maximum atomic E-state index is 12.6. The zero-order valence-corrected chi connectivity index (χ0v) is 16.6. The van der Waals surface area contributed by atoms with Gasteiger partial charge < -0.3 is 32.9 Å². The summed E-state index contributed by atoms with van der Waals surface area (Å²) >= 11 is 0. The number of carbonyl (C=O) groups is 3. The van der Waals surface area contributed by atoms with Crippen LogP contribution in [-0.2, 0) is 14.4 Å². The van der Waals surface area contributed by atoms with E-state index in [0.717, 1.165) is 12.8 Å². The molecule has 0 radical (unpaired) electrons. The SMILES string of the molecule is CC(C)CC(NC(=O)C(CCCCN)NC(=O)C(N)CCCCN)C(=O)O. The maximum absolute atomic E-state index is 12.6.